The summed E-state index contributed by atoms with van der Waals surface area (Å²) in [6, 6.07) is 5.67. The first-order valence-electron chi connectivity index (χ1n) is 5.58. The third-order valence-electron chi connectivity index (χ3n) is 2.71. The van der Waals surface area contributed by atoms with E-state index in [-0.39, 0.29) is 5.91 Å². The number of halogens is 1. The summed E-state index contributed by atoms with van der Waals surface area (Å²) >= 11 is 3.46. The summed E-state index contributed by atoms with van der Waals surface area (Å²) < 4.78 is 0.848. The van der Waals surface area contributed by atoms with Crippen LogP contribution in [0.5, 0.6) is 0 Å². The third-order valence-corrected chi connectivity index (χ3v) is 3.76. The highest BCUT2D eigenvalue weighted by Crippen LogP contribution is 2.22. The second-order valence-electron chi connectivity index (χ2n) is 4.13. The van der Waals surface area contributed by atoms with Crippen LogP contribution in [-0.2, 0) is 6.54 Å². The number of benzene rings is 1. The van der Waals surface area contributed by atoms with Gasteiger partial charge >= 0.3 is 0 Å². The maximum atomic E-state index is 12.3. The Bertz CT molecular complexity index is 551. The van der Waals surface area contributed by atoms with E-state index >= 15 is 0 Å². The molecule has 0 saturated carbocycles. The van der Waals surface area contributed by atoms with Crippen molar-refractivity contribution in [2.75, 3.05) is 7.05 Å². The standard InChI is InChI=1S/C13H14BrN3O/c1-9-4-3-5-10(12(9)14)13(18)17(2)8-11-15-6-7-16-11/h3-7H,8H2,1-2H3,(H,15,16). The monoisotopic (exact) mass is 307 g/mol. The number of aromatic amines is 1. The lowest BCUT2D eigenvalue weighted by Gasteiger charge is -2.17. The van der Waals surface area contributed by atoms with Crippen LogP contribution in [0.15, 0.2) is 35.1 Å². The molecule has 2 aromatic rings. The molecule has 0 fully saturated rings. The highest BCUT2D eigenvalue weighted by Gasteiger charge is 2.16. The molecule has 1 N–H and O–H groups in total. The van der Waals surface area contributed by atoms with Gasteiger partial charge < -0.3 is 9.88 Å². The summed E-state index contributed by atoms with van der Waals surface area (Å²) in [6.07, 6.45) is 3.42. The van der Waals surface area contributed by atoms with Gasteiger partial charge in [0.1, 0.15) is 5.82 Å². The molecule has 2 rings (SSSR count). The van der Waals surface area contributed by atoms with Gasteiger partial charge in [-0.1, -0.05) is 12.1 Å². The first-order chi connectivity index (χ1) is 8.59. The Morgan fingerprint density at radius 1 is 1.50 bits per heavy atom. The van der Waals surface area contributed by atoms with Crippen molar-refractivity contribution in [3.8, 4) is 0 Å². The molecule has 5 heteroatoms. The molecule has 0 unspecified atom stereocenters. The van der Waals surface area contributed by atoms with Crippen LogP contribution in [0.25, 0.3) is 0 Å². The fourth-order valence-electron chi connectivity index (χ4n) is 1.70. The second kappa shape index (κ2) is 5.35. The van der Waals surface area contributed by atoms with Crippen LogP contribution in [0.4, 0.5) is 0 Å². The smallest absolute Gasteiger partial charge is 0.255 e. The molecule has 0 aliphatic heterocycles. The number of aryl methyl sites for hydroxylation is 1. The number of imidazole rings is 1. The maximum absolute atomic E-state index is 12.3. The molecule has 0 bridgehead atoms. The van der Waals surface area contributed by atoms with Crippen molar-refractivity contribution < 1.29 is 4.79 Å². The van der Waals surface area contributed by atoms with Crippen LogP contribution in [-0.4, -0.2) is 27.8 Å². The van der Waals surface area contributed by atoms with Gasteiger partial charge in [-0.3, -0.25) is 4.79 Å². The van der Waals surface area contributed by atoms with E-state index < -0.39 is 0 Å². The number of hydrogen-bond acceptors (Lipinski definition) is 2. The number of carbonyl (C=O) groups excluding carboxylic acids is 1. The molecule has 0 radical (unpaired) electrons. The van der Waals surface area contributed by atoms with Crippen LogP contribution in [0.3, 0.4) is 0 Å². The van der Waals surface area contributed by atoms with E-state index in [0.29, 0.717) is 12.1 Å². The third kappa shape index (κ3) is 2.61. The van der Waals surface area contributed by atoms with Gasteiger partial charge in [0.15, 0.2) is 0 Å². The SMILES string of the molecule is Cc1cccc(C(=O)N(C)Cc2ncc[nH]2)c1Br. The summed E-state index contributed by atoms with van der Waals surface area (Å²) in [5.74, 6) is 0.747. The van der Waals surface area contributed by atoms with Crippen LogP contribution >= 0.6 is 15.9 Å². The lowest BCUT2D eigenvalue weighted by Crippen LogP contribution is -2.27. The zero-order valence-electron chi connectivity index (χ0n) is 10.3. The van der Waals surface area contributed by atoms with Gasteiger partial charge in [-0.05, 0) is 34.5 Å². The summed E-state index contributed by atoms with van der Waals surface area (Å²) in [4.78, 5) is 21.0. The van der Waals surface area contributed by atoms with Gasteiger partial charge in [0.25, 0.3) is 5.91 Å². The molecule has 0 aliphatic rings. The van der Waals surface area contributed by atoms with E-state index in [4.69, 9.17) is 0 Å². The summed E-state index contributed by atoms with van der Waals surface area (Å²) in [6.45, 7) is 2.43. The Morgan fingerprint density at radius 2 is 2.28 bits per heavy atom. The van der Waals surface area contributed by atoms with E-state index in [1.807, 2.05) is 25.1 Å². The minimum absolute atomic E-state index is 0.0259. The zero-order chi connectivity index (χ0) is 13.1. The van der Waals surface area contributed by atoms with Crippen LogP contribution in [0, 0.1) is 6.92 Å². The van der Waals surface area contributed by atoms with Crippen molar-refractivity contribution in [1.82, 2.24) is 14.9 Å². The van der Waals surface area contributed by atoms with Crippen molar-refractivity contribution in [1.29, 1.82) is 0 Å². The molecule has 94 valence electrons. The number of amides is 1. The second-order valence-corrected chi connectivity index (χ2v) is 4.93. The zero-order valence-corrected chi connectivity index (χ0v) is 11.9. The number of H-pyrrole nitrogens is 1. The molecule has 1 aromatic carbocycles. The highest BCUT2D eigenvalue weighted by molar-refractivity contribution is 9.10. The molecule has 4 nitrogen and oxygen atoms in total. The van der Waals surface area contributed by atoms with Crippen LogP contribution in [0.2, 0.25) is 0 Å². The molecule has 0 spiro atoms. The van der Waals surface area contributed by atoms with E-state index in [9.17, 15) is 4.79 Å². The number of carbonyl (C=O) groups is 1. The number of hydrogen-bond donors (Lipinski definition) is 1. The van der Waals surface area contributed by atoms with Gasteiger partial charge in [0.05, 0.1) is 12.1 Å². The minimum atomic E-state index is -0.0259. The molecule has 1 aromatic heterocycles. The molecule has 18 heavy (non-hydrogen) atoms. The van der Waals surface area contributed by atoms with Gasteiger partial charge in [-0.15, -0.1) is 0 Å². The lowest BCUT2D eigenvalue weighted by molar-refractivity contribution is 0.0781. The van der Waals surface area contributed by atoms with Crippen molar-refractivity contribution >= 4 is 21.8 Å². The van der Waals surface area contributed by atoms with Gasteiger partial charge in [0.2, 0.25) is 0 Å². The van der Waals surface area contributed by atoms with Crippen molar-refractivity contribution in [2.24, 2.45) is 0 Å². The maximum Gasteiger partial charge on any atom is 0.255 e. The molecule has 1 amide bonds. The molecule has 0 atom stereocenters. The predicted octanol–water partition coefficient (Wildman–Crippen LogP) is 2.75. The Labute approximate surface area is 114 Å². The first-order valence-corrected chi connectivity index (χ1v) is 6.37. The lowest BCUT2D eigenvalue weighted by atomic mass is 10.1. The summed E-state index contributed by atoms with van der Waals surface area (Å²) in [7, 11) is 1.76. The Balaban J connectivity index is 2.18. The van der Waals surface area contributed by atoms with E-state index in [0.717, 1.165) is 15.9 Å². The Hall–Kier alpha value is -1.62. The van der Waals surface area contributed by atoms with Gasteiger partial charge in [-0.2, -0.15) is 0 Å². The molecule has 0 aliphatic carbocycles. The predicted molar refractivity (Wildman–Crippen MR) is 73.3 cm³/mol. The molecule has 0 saturated heterocycles. The van der Waals surface area contributed by atoms with E-state index in [1.165, 1.54) is 0 Å². The molecular formula is C13H14BrN3O. The number of nitrogens with one attached hydrogen (secondary N) is 1. The fourth-order valence-corrected chi connectivity index (χ4v) is 2.13. The van der Waals surface area contributed by atoms with Crippen LogP contribution in [0.1, 0.15) is 21.7 Å². The van der Waals surface area contributed by atoms with E-state index in [1.54, 1.807) is 24.3 Å². The number of aromatic nitrogens is 2. The average Bonchev–Trinajstić information content (AvgIpc) is 2.84. The van der Waals surface area contributed by atoms with Crippen LogP contribution < -0.4 is 0 Å². The molecular weight excluding hydrogens is 294 g/mol. The van der Waals surface area contributed by atoms with Crippen molar-refractivity contribution in [3.05, 3.63) is 52.0 Å². The Kier molecular flexibility index (Phi) is 3.81. The minimum Gasteiger partial charge on any atom is -0.347 e. The van der Waals surface area contributed by atoms with Gasteiger partial charge in [-0.25, -0.2) is 4.98 Å². The topological polar surface area (TPSA) is 49.0 Å². The number of nitrogens with zero attached hydrogens (tertiary/aromatic N) is 2. The molecule has 1 heterocycles. The summed E-state index contributed by atoms with van der Waals surface area (Å²) in [5, 5.41) is 0. The number of rotatable bonds is 3. The summed E-state index contributed by atoms with van der Waals surface area (Å²) in [5.41, 5.74) is 1.72. The highest BCUT2D eigenvalue weighted by atomic mass is 79.9. The Morgan fingerprint density at radius 3 is 2.94 bits per heavy atom. The van der Waals surface area contributed by atoms with E-state index in [2.05, 4.69) is 25.9 Å². The first kappa shape index (κ1) is 12.8. The normalized spacial score (nSPS) is 10.4. The quantitative estimate of drug-likeness (QED) is 0.948. The largest absolute Gasteiger partial charge is 0.347 e. The van der Waals surface area contributed by atoms with Gasteiger partial charge in [0, 0.05) is 23.9 Å². The van der Waals surface area contributed by atoms with Crippen molar-refractivity contribution in [2.45, 2.75) is 13.5 Å². The van der Waals surface area contributed by atoms with Crippen molar-refractivity contribution in [3.63, 3.8) is 0 Å². The fraction of sp³-hybridized carbons (Fsp3) is 0.231. The average molecular weight is 308 g/mol.